The molecule has 132 valence electrons. The number of halogens is 1. The van der Waals surface area contributed by atoms with Gasteiger partial charge in [0.15, 0.2) is 17.6 Å². The lowest BCUT2D eigenvalue weighted by molar-refractivity contribution is -0.122. The Bertz CT molecular complexity index is 778. The highest BCUT2D eigenvalue weighted by molar-refractivity contribution is 6.30. The van der Waals surface area contributed by atoms with Crippen LogP contribution in [0.4, 0.5) is 5.69 Å². The van der Waals surface area contributed by atoms with Gasteiger partial charge in [-0.1, -0.05) is 17.7 Å². The molecular weight excluding hydrogens is 346 g/mol. The maximum absolute atomic E-state index is 12.3. The van der Waals surface area contributed by atoms with Crippen molar-refractivity contribution in [1.82, 2.24) is 0 Å². The van der Waals surface area contributed by atoms with Crippen LogP contribution in [0.25, 0.3) is 0 Å². The minimum atomic E-state index is -0.795. The SMILES string of the molecule is COC(=O)c1ccc(O[C@H](C)C(=O)Nc2cccc(Cl)c2)c(OC)c1. The van der Waals surface area contributed by atoms with E-state index in [0.29, 0.717) is 27.8 Å². The van der Waals surface area contributed by atoms with Crippen molar-refractivity contribution in [3.63, 3.8) is 0 Å². The van der Waals surface area contributed by atoms with Crippen LogP contribution in [0.3, 0.4) is 0 Å². The van der Waals surface area contributed by atoms with Crippen molar-refractivity contribution < 1.29 is 23.8 Å². The van der Waals surface area contributed by atoms with Crippen LogP contribution in [-0.4, -0.2) is 32.2 Å². The Hall–Kier alpha value is -2.73. The van der Waals surface area contributed by atoms with Crippen molar-refractivity contribution in [1.29, 1.82) is 0 Å². The van der Waals surface area contributed by atoms with E-state index in [1.807, 2.05) is 0 Å². The molecule has 0 saturated carbocycles. The fraction of sp³-hybridized carbons (Fsp3) is 0.222. The summed E-state index contributed by atoms with van der Waals surface area (Å²) in [4.78, 5) is 23.8. The van der Waals surface area contributed by atoms with Gasteiger partial charge in [-0.25, -0.2) is 4.79 Å². The maximum Gasteiger partial charge on any atom is 0.337 e. The lowest BCUT2D eigenvalue weighted by atomic mass is 10.2. The third kappa shape index (κ3) is 4.87. The van der Waals surface area contributed by atoms with Crippen LogP contribution in [0, 0.1) is 0 Å². The molecule has 0 aromatic heterocycles. The molecule has 0 unspecified atom stereocenters. The number of nitrogens with one attached hydrogen (secondary N) is 1. The number of anilines is 1. The Labute approximate surface area is 150 Å². The highest BCUT2D eigenvalue weighted by Crippen LogP contribution is 2.29. The number of esters is 1. The van der Waals surface area contributed by atoms with Crippen LogP contribution >= 0.6 is 11.6 Å². The summed E-state index contributed by atoms with van der Waals surface area (Å²) >= 11 is 5.89. The summed E-state index contributed by atoms with van der Waals surface area (Å²) in [7, 11) is 2.74. The van der Waals surface area contributed by atoms with Gasteiger partial charge in [-0.3, -0.25) is 4.79 Å². The first-order chi connectivity index (χ1) is 11.9. The van der Waals surface area contributed by atoms with E-state index in [1.54, 1.807) is 37.3 Å². The maximum atomic E-state index is 12.3. The Balaban J connectivity index is 2.09. The fourth-order valence-corrected chi connectivity index (χ4v) is 2.25. The number of benzene rings is 2. The molecule has 0 aliphatic heterocycles. The normalized spacial score (nSPS) is 11.4. The van der Waals surface area contributed by atoms with Gasteiger partial charge in [-0.05, 0) is 43.3 Å². The van der Waals surface area contributed by atoms with Crippen molar-refractivity contribution in [2.24, 2.45) is 0 Å². The zero-order chi connectivity index (χ0) is 18.4. The lowest BCUT2D eigenvalue weighted by Crippen LogP contribution is -2.30. The molecule has 1 atom stereocenters. The summed E-state index contributed by atoms with van der Waals surface area (Å²) in [5, 5.41) is 3.24. The largest absolute Gasteiger partial charge is 0.493 e. The summed E-state index contributed by atoms with van der Waals surface area (Å²) in [5.41, 5.74) is 0.892. The molecule has 7 heteroatoms. The van der Waals surface area contributed by atoms with Crippen molar-refractivity contribution in [3.05, 3.63) is 53.1 Å². The molecule has 0 saturated heterocycles. The summed E-state index contributed by atoms with van der Waals surface area (Å²) < 4.78 is 15.5. The van der Waals surface area contributed by atoms with Gasteiger partial charge in [-0.2, -0.15) is 0 Å². The molecule has 25 heavy (non-hydrogen) atoms. The number of amides is 1. The molecule has 1 N–H and O–H groups in total. The van der Waals surface area contributed by atoms with Gasteiger partial charge >= 0.3 is 5.97 Å². The third-order valence-corrected chi connectivity index (χ3v) is 3.58. The number of hydrogen-bond acceptors (Lipinski definition) is 5. The second-order valence-electron chi connectivity index (χ2n) is 5.12. The summed E-state index contributed by atoms with van der Waals surface area (Å²) in [6.45, 7) is 1.60. The third-order valence-electron chi connectivity index (χ3n) is 3.35. The van der Waals surface area contributed by atoms with Crippen LogP contribution in [0.2, 0.25) is 5.02 Å². The zero-order valence-corrected chi connectivity index (χ0v) is 14.8. The van der Waals surface area contributed by atoms with Gasteiger partial charge in [0.2, 0.25) is 0 Å². The fourth-order valence-electron chi connectivity index (χ4n) is 2.06. The van der Waals surface area contributed by atoms with Gasteiger partial charge in [0.1, 0.15) is 0 Å². The molecule has 6 nitrogen and oxygen atoms in total. The molecule has 0 radical (unpaired) electrons. The molecule has 0 fully saturated rings. The van der Waals surface area contributed by atoms with E-state index < -0.39 is 12.1 Å². The number of methoxy groups -OCH3 is 2. The molecule has 1 amide bonds. The first kappa shape index (κ1) is 18.6. The average Bonchev–Trinajstić information content (AvgIpc) is 2.61. The molecule has 2 aromatic carbocycles. The first-order valence-corrected chi connectivity index (χ1v) is 7.82. The monoisotopic (exact) mass is 363 g/mol. The van der Waals surface area contributed by atoms with Crippen molar-refractivity contribution in [2.45, 2.75) is 13.0 Å². The van der Waals surface area contributed by atoms with Crippen LogP contribution < -0.4 is 14.8 Å². The molecule has 0 bridgehead atoms. The number of carbonyl (C=O) groups is 2. The smallest absolute Gasteiger partial charge is 0.337 e. The van der Waals surface area contributed by atoms with Gasteiger partial charge in [0.05, 0.1) is 19.8 Å². The minimum Gasteiger partial charge on any atom is -0.493 e. The Morgan fingerprint density at radius 3 is 2.48 bits per heavy atom. The highest BCUT2D eigenvalue weighted by atomic mass is 35.5. The Morgan fingerprint density at radius 2 is 1.84 bits per heavy atom. The van der Waals surface area contributed by atoms with Gasteiger partial charge in [0, 0.05) is 10.7 Å². The molecule has 0 aliphatic rings. The quantitative estimate of drug-likeness (QED) is 0.794. The minimum absolute atomic E-state index is 0.322. The van der Waals surface area contributed by atoms with Crippen LogP contribution in [0.1, 0.15) is 17.3 Å². The van der Waals surface area contributed by atoms with E-state index in [9.17, 15) is 9.59 Å². The van der Waals surface area contributed by atoms with Crippen LogP contribution in [-0.2, 0) is 9.53 Å². The van der Waals surface area contributed by atoms with Crippen molar-refractivity contribution in [2.75, 3.05) is 19.5 Å². The highest BCUT2D eigenvalue weighted by Gasteiger charge is 2.18. The molecule has 2 rings (SSSR count). The molecule has 2 aromatic rings. The summed E-state index contributed by atoms with van der Waals surface area (Å²) in [6.07, 6.45) is -0.795. The first-order valence-electron chi connectivity index (χ1n) is 7.44. The molecule has 0 spiro atoms. The standard InChI is InChI=1S/C18H18ClNO5/c1-11(17(21)20-14-6-4-5-13(19)10-14)25-15-8-7-12(18(22)24-3)9-16(15)23-2/h4-11H,1-3H3,(H,20,21)/t11-/m1/s1. The van der Waals surface area contributed by atoms with Crippen LogP contribution in [0.5, 0.6) is 11.5 Å². The molecular formula is C18H18ClNO5. The zero-order valence-electron chi connectivity index (χ0n) is 14.0. The number of hydrogen-bond donors (Lipinski definition) is 1. The van der Waals surface area contributed by atoms with E-state index >= 15 is 0 Å². The number of ether oxygens (including phenoxy) is 3. The average molecular weight is 364 g/mol. The second-order valence-corrected chi connectivity index (χ2v) is 5.55. The van der Waals surface area contributed by atoms with Gasteiger partial charge in [-0.15, -0.1) is 0 Å². The van der Waals surface area contributed by atoms with E-state index in [2.05, 4.69) is 10.1 Å². The molecule has 0 heterocycles. The van der Waals surface area contributed by atoms with E-state index in [0.717, 1.165) is 0 Å². The van der Waals surface area contributed by atoms with E-state index in [4.69, 9.17) is 21.1 Å². The molecule has 0 aliphatic carbocycles. The predicted molar refractivity (Wildman–Crippen MR) is 94.5 cm³/mol. The van der Waals surface area contributed by atoms with Gasteiger partial charge in [0.25, 0.3) is 5.91 Å². The van der Waals surface area contributed by atoms with E-state index in [1.165, 1.54) is 26.4 Å². The predicted octanol–water partition coefficient (Wildman–Crippen LogP) is 3.54. The lowest BCUT2D eigenvalue weighted by Gasteiger charge is -2.17. The Morgan fingerprint density at radius 1 is 1.08 bits per heavy atom. The van der Waals surface area contributed by atoms with Crippen LogP contribution in [0.15, 0.2) is 42.5 Å². The number of rotatable bonds is 6. The summed E-state index contributed by atoms with van der Waals surface area (Å²) in [5.74, 6) is -0.174. The summed E-state index contributed by atoms with van der Waals surface area (Å²) in [6, 6.07) is 11.4. The van der Waals surface area contributed by atoms with Crippen molar-refractivity contribution in [3.8, 4) is 11.5 Å². The topological polar surface area (TPSA) is 73.9 Å². The number of carbonyl (C=O) groups excluding carboxylic acids is 2. The van der Waals surface area contributed by atoms with Crippen molar-refractivity contribution >= 4 is 29.2 Å². The Kier molecular flexibility index (Phi) is 6.25. The van der Waals surface area contributed by atoms with Gasteiger partial charge < -0.3 is 19.5 Å². The van der Waals surface area contributed by atoms with E-state index in [-0.39, 0.29) is 5.91 Å². The second kappa shape index (κ2) is 8.39.